The lowest BCUT2D eigenvalue weighted by molar-refractivity contribution is 0.00788. The second-order valence-corrected chi connectivity index (χ2v) is 7.76. The van der Waals surface area contributed by atoms with Crippen molar-refractivity contribution in [3.8, 4) is 0 Å². The Bertz CT molecular complexity index is 323. The predicted octanol–water partition coefficient (Wildman–Crippen LogP) is 3.80. The zero-order chi connectivity index (χ0) is 16.0. The van der Waals surface area contributed by atoms with Gasteiger partial charge < -0.3 is 15.0 Å². The number of carbonyl (C=O) groups is 1. The highest BCUT2D eigenvalue weighted by atomic mass is 16.6. The maximum Gasteiger partial charge on any atom is 0.410 e. The fourth-order valence-corrected chi connectivity index (χ4v) is 2.73. The lowest BCUT2D eigenvalue weighted by Gasteiger charge is -2.38. The smallest absolute Gasteiger partial charge is 0.410 e. The van der Waals surface area contributed by atoms with E-state index in [4.69, 9.17) is 4.74 Å². The van der Waals surface area contributed by atoms with Gasteiger partial charge in [0.25, 0.3) is 0 Å². The Morgan fingerprint density at radius 3 is 2.52 bits per heavy atom. The van der Waals surface area contributed by atoms with Gasteiger partial charge in [-0.15, -0.1) is 0 Å². The number of rotatable bonds is 5. The van der Waals surface area contributed by atoms with Crippen molar-refractivity contribution < 1.29 is 9.53 Å². The highest BCUT2D eigenvalue weighted by Gasteiger charge is 2.31. The summed E-state index contributed by atoms with van der Waals surface area (Å²) in [5.74, 6) is 0.653. The molecular weight excluding hydrogens is 264 g/mol. The van der Waals surface area contributed by atoms with Crippen LogP contribution in [-0.4, -0.2) is 41.8 Å². The molecule has 1 rings (SSSR count). The van der Waals surface area contributed by atoms with Crippen molar-refractivity contribution in [2.24, 2.45) is 5.92 Å². The number of nitrogens with zero attached hydrogens (tertiary/aromatic N) is 1. The largest absolute Gasteiger partial charge is 0.444 e. The van der Waals surface area contributed by atoms with Crippen molar-refractivity contribution in [3.63, 3.8) is 0 Å². The Morgan fingerprint density at radius 2 is 1.95 bits per heavy atom. The van der Waals surface area contributed by atoms with Gasteiger partial charge in [-0.2, -0.15) is 0 Å². The van der Waals surface area contributed by atoms with Crippen LogP contribution in [0.5, 0.6) is 0 Å². The summed E-state index contributed by atoms with van der Waals surface area (Å²) in [6, 6.07) is 0.740. The number of ether oxygens (including phenoxy) is 1. The Hall–Kier alpha value is -0.770. The lowest BCUT2D eigenvalue weighted by atomic mass is 9.96. The standard InChI is InChI=1S/C17H34N2O2/c1-13(2)12-18-14(3)11-15-9-7-8-10-19(15)16(20)21-17(4,5)6/h13-15,18H,7-12H2,1-6H3. The Morgan fingerprint density at radius 1 is 1.29 bits per heavy atom. The number of hydrogen-bond donors (Lipinski definition) is 1. The fourth-order valence-electron chi connectivity index (χ4n) is 2.73. The molecule has 4 nitrogen and oxygen atoms in total. The minimum absolute atomic E-state index is 0.150. The molecule has 4 heteroatoms. The van der Waals surface area contributed by atoms with Crippen molar-refractivity contribution in [1.29, 1.82) is 0 Å². The van der Waals surface area contributed by atoms with Crippen molar-refractivity contribution in [3.05, 3.63) is 0 Å². The summed E-state index contributed by atoms with van der Waals surface area (Å²) in [5.41, 5.74) is -0.416. The first-order valence-corrected chi connectivity index (χ1v) is 8.42. The summed E-state index contributed by atoms with van der Waals surface area (Å²) in [6.07, 6.45) is 4.24. The fraction of sp³-hybridized carbons (Fsp3) is 0.941. The average Bonchev–Trinajstić information content (AvgIpc) is 2.35. The number of likely N-dealkylation sites (tertiary alicyclic amines) is 1. The van der Waals surface area contributed by atoms with Crippen LogP contribution in [0.3, 0.4) is 0 Å². The number of amides is 1. The van der Waals surface area contributed by atoms with Crippen LogP contribution in [0.15, 0.2) is 0 Å². The highest BCUT2D eigenvalue weighted by Crippen LogP contribution is 2.23. The lowest BCUT2D eigenvalue weighted by Crippen LogP contribution is -2.48. The molecule has 0 aliphatic carbocycles. The summed E-state index contributed by atoms with van der Waals surface area (Å²) >= 11 is 0. The second kappa shape index (κ2) is 8.02. The molecule has 0 aromatic heterocycles. The molecule has 0 aromatic rings. The Labute approximate surface area is 130 Å². The van der Waals surface area contributed by atoms with Crippen molar-refractivity contribution in [1.82, 2.24) is 10.2 Å². The number of hydrogen-bond acceptors (Lipinski definition) is 3. The monoisotopic (exact) mass is 298 g/mol. The average molecular weight is 298 g/mol. The highest BCUT2D eigenvalue weighted by molar-refractivity contribution is 5.68. The van der Waals surface area contributed by atoms with Crippen LogP contribution in [0.2, 0.25) is 0 Å². The molecule has 0 spiro atoms. The summed E-state index contributed by atoms with van der Waals surface area (Å²) in [6.45, 7) is 14.3. The van der Waals surface area contributed by atoms with Gasteiger partial charge in [0.2, 0.25) is 0 Å². The Balaban J connectivity index is 2.54. The van der Waals surface area contributed by atoms with E-state index in [2.05, 4.69) is 26.1 Å². The van der Waals surface area contributed by atoms with Gasteiger partial charge in [-0.05, 0) is 65.8 Å². The van der Waals surface area contributed by atoms with Crippen LogP contribution in [0.25, 0.3) is 0 Å². The summed E-state index contributed by atoms with van der Waals surface area (Å²) in [4.78, 5) is 14.3. The first-order chi connectivity index (χ1) is 9.69. The molecule has 1 N–H and O–H groups in total. The van der Waals surface area contributed by atoms with Crippen LogP contribution in [0.4, 0.5) is 4.79 Å². The van der Waals surface area contributed by atoms with Crippen LogP contribution in [0.1, 0.15) is 67.2 Å². The van der Waals surface area contributed by atoms with E-state index in [1.807, 2.05) is 25.7 Å². The van der Waals surface area contributed by atoms with E-state index in [9.17, 15) is 4.79 Å². The molecular formula is C17H34N2O2. The van der Waals surface area contributed by atoms with E-state index >= 15 is 0 Å². The third-order valence-electron chi connectivity index (χ3n) is 3.76. The third kappa shape index (κ3) is 7.16. The number of piperidine rings is 1. The summed E-state index contributed by atoms with van der Waals surface area (Å²) < 4.78 is 5.55. The molecule has 0 radical (unpaired) electrons. The van der Waals surface area contributed by atoms with Crippen LogP contribution in [-0.2, 0) is 4.74 Å². The molecule has 1 fully saturated rings. The van der Waals surface area contributed by atoms with Gasteiger partial charge >= 0.3 is 6.09 Å². The zero-order valence-corrected chi connectivity index (χ0v) is 14.7. The van der Waals surface area contributed by atoms with Gasteiger partial charge in [-0.25, -0.2) is 4.79 Å². The van der Waals surface area contributed by atoms with Gasteiger partial charge in [0.15, 0.2) is 0 Å². The zero-order valence-electron chi connectivity index (χ0n) is 14.7. The van der Waals surface area contributed by atoms with Gasteiger partial charge in [0.1, 0.15) is 5.60 Å². The van der Waals surface area contributed by atoms with Gasteiger partial charge in [0.05, 0.1) is 0 Å². The van der Waals surface area contributed by atoms with Crippen LogP contribution >= 0.6 is 0 Å². The molecule has 124 valence electrons. The molecule has 1 heterocycles. The van der Waals surface area contributed by atoms with Gasteiger partial charge in [-0.1, -0.05) is 13.8 Å². The molecule has 0 saturated carbocycles. The first-order valence-electron chi connectivity index (χ1n) is 8.42. The molecule has 1 amide bonds. The van der Waals surface area contributed by atoms with Crippen molar-refractivity contribution in [2.75, 3.05) is 13.1 Å². The van der Waals surface area contributed by atoms with Crippen LogP contribution in [0, 0.1) is 5.92 Å². The van der Waals surface area contributed by atoms with E-state index in [1.165, 1.54) is 6.42 Å². The van der Waals surface area contributed by atoms with E-state index in [-0.39, 0.29) is 6.09 Å². The van der Waals surface area contributed by atoms with Crippen molar-refractivity contribution in [2.45, 2.75) is 84.9 Å². The minimum Gasteiger partial charge on any atom is -0.444 e. The second-order valence-electron chi connectivity index (χ2n) is 7.76. The quantitative estimate of drug-likeness (QED) is 0.839. The first kappa shape index (κ1) is 18.3. The molecule has 2 atom stereocenters. The van der Waals surface area contributed by atoms with E-state index in [0.29, 0.717) is 18.0 Å². The van der Waals surface area contributed by atoms with E-state index < -0.39 is 5.60 Å². The molecule has 0 aromatic carbocycles. The normalized spacial score (nSPS) is 21.5. The minimum atomic E-state index is -0.416. The predicted molar refractivity (Wildman–Crippen MR) is 87.5 cm³/mol. The van der Waals surface area contributed by atoms with Crippen LogP contribution < -0.4 is 5.32 Å². The molecule has 1 aliphatic rings. The Kier molecular flexibility index (Phi) is 6.98. The van der Waals surface area contributed by atoms with E-state index in [1.54, 1.807) is 0 Å². The SMILES string of the molecule is CC(C)CNC(C)CC1CCCCN1C(=O)OC(C)(C)C. The number of nitrogens with one attached hydrogen (secondary N) is 1. The molecule has 1 aliphatic heterocycles. The van der Waals surface area contributed by atoms with E-state index in [0.717, 1.165) is 32.4 Å². The molecule has 1 saturated heterocycles. The third-order valence-corrected chi connectivity index (χ3v) is 3.76. The summed E-state index contributed by atoms with van der Waals surface area (Å²) in [7, 11) is 0. The molecule has 2 unspecified atom stereocenters. The molecule has 0 bridgehead atoms. The van der Waals surface area contributed by atoms with Crippen molar-refractivity contribution >= 4 is 6.09 Å². The van der Waals surface area contributed by atoms with Gasteiger partial charge in [0, 0.05) is 18.6 Å². The number of carbonyl (C=O) groups excluding carboxylic acids is 1. The topological polar surface area (TPSA) is 41.6 Å². The van der Waals surface area contributed by atoms with Gasteiger partial charge in [-0.3, -0.25) is 0 Å². The molecule has 21 heavy (non-hydrogen) atoms. The maximum absolute atomic E-state index is 12.4. The summed E-state index contributed by atoms with van der Waals surface area (Å²) in [5, 5.41) is 3.56. The maximum atomic E-state index is 12.4.